The molecule has 162 valence electrons. The normalized spacial score (nSPS) is 13.6. The highest BCUT2D eigenvalue weighted by atomic mass is 16.2. The van der Waals surface area contributed by atoms with Crippen LogP contribution in [-0.2, 0) is 11.3 Å². The van der Waals surface area contributed by atoms with E-state index in [1.54, 1.807) is 11.0 Å². The van der Waals surface area contributed by atoms with E-state index in [2.05, 4.69) is 23.6 Å². The van der Waals surface area contributed by atoms with Crippen LogP contribution in [0.3, 0.4) is 0 Å². The third kappa shape index (κ3) is 2.87. The van der Waals surface area contributed by atoms with Crippen molar-refractivity contribution in [3.63, 3.8) is 0 Å². The maximum absolute atomic E-state index is 12.7. The molecule has 6 heteroatoms. The molecule has 0 spiro atoms. The Kier molecular flexibility index (Phi) is 4.30. The zero-order valence-electron chi connectivity index (χ0n) is 18.5. The second-order valence-electron chi connectivity index (χ2n) is 8.62. The van der Waals surface area contributed by atoms with E-state index >= 15 is 0 Å². The molecule has 0 saturated heterocycles. The smallest absolute Gasteiger partial charge is 0.299 e. The zero-order chi connectivity index (χ0) is 22.7. The number of aromatic nitrogens is 3. The van der Waals surface area contributed by atoms with Crippen molar-refractivity contribution in [1.82, 2.24) is 14.5 Å². The molecule has 1 aliphatic heterocycles. The van der Waals surface area contributed by atoms with Gasteiger partial charge in [-0.15, -0.1) is 0 Å². The van der Waals surface area contributed by atoms with Crippen LogP contribution in [-0.4, -0.2) is 32.8 Å². The van der Waals surface area contributed by atoms with E-state index < -0.39 is 11.7 Å². The van der Waals surface area contributed by atoms with E-state index in [4.69, 9.17) is 9.97 Å². The van der Waals surface area contributed by atoms with E-state index in [1.807, 2.05) is 49.4 Å². The van der Waals surface area contributed by atoms with Gasteiger partial charge in [0.15, 0.2) is 5.65 Å². The lowest BCUT2D eigenvalue weighted by molar-refractivity contribution is -0.114. The Morgan fingerprint density at radius 2 is 1.52 bits per heavy atom. The molecule has 6 nitrogen and oxygen atoms in total. The van der Waals surface area contributed by atoms with E-state index in [9.17, 15) is 9.59 Å². The number of benzene rings is 3. The van der Waals surface area contributed by atoms with Crippen molar-refractivity contribution < 1.29 is 9.59 Å². The fourth-order valence-corrected chi connectivity index (χ4v) is 5.03. The molecule has 0 saturated carbocycles. The van der Waals surface area contributed by atoms with Gasteiger partial charge in [-0.1, -0.05) is 42.5 Å². The molecule has 0 unspecified atom stereocenters. The summed E-state index contributed by atoms with van der Waals surface area (Å²) in [4.78, 5) is 36.6. The number of rotatable bonds is 4. The highest BCUT2D eigenvalue weighted by molar-refractivity contribution is 6.52. The van der Waals surface area contributed by atoms with Crippen LogP contribution < -0.4 is 4.90 Å². The molecule has 0 atom stereocenters. The van der Waals surface area contributed by atoms with Gasteiger partial charge in [0.1, 0.15) is 5.52 Å². The number of ketones is 1. The van der Waals surface area contributed by atoms with E-state index in [0.717, 1.165) is 49.9 Å². The van der Waals surface area contributed by atoms with Crippen LogP contribution in [0.25, 0.3) is 33.1 Å². The summed E-state index contributed by atoms with van der Waals surface area (Å²) in [6.45, 7) is 5.17. The second-order valence-corrected chi connectivity index (χ2v) is 8.62. The number of carbonyl (C=O) groups is 2. The lowest BCUT2D eigenvalue weighted by Crippen LogP contribution is -2.31. The predicted octanol–water partition coefficient (Wildman–Crippen LogP) is 4.97. The minimum Gasteiger partial charge on any atom is -0.324 e. The molecule has 6 rings (SSSR count). The summed E-state index contributed by atoms with van der Waals surface area (Å²) in [5, 5.41) is 1.08. The Hall–Kier alpha value is -4.06. The molecule has 0 radical (unpaired) electrons. The van der Waals surface area contributed by atoms with Gasteiger partial charge >= 0.3 is 0 Å². The van der Waals surface area contributed by atoms with Crippen LogP contribution in [0.4, 0.5) is 5.69 Å². The molecule has 3 heterocycles. The zero-order valence-corrected chi connectivity index (χ0v) is 18.5. The first-order valence-corrected chi connectivity index (χ1v) is 11.1. The highest BCUT2D eigenvalue weighted by Gasteiger charge is 2.36. The monoisotopic (exact) mass is 434 g/mol. The Morgan fingerprint density at radius 1 is 0.788 bits per heavy atom. The van der Waals surface area contributed by atoms with Crippen LogP contribution >= 0.6 is 0 Å². The number of anilines is 1. The minimum atomic E-state index is -0.441. The topological polar surface area (TPSA) is 68.1 Å². The molecule has 0 fully saturated rings. The molecule has 1 amide bonds. The first-order chi connectivity index (χ1) is 16.0. The SMILES string of the molecule is Cc1cccc2c1N(CCCn1c3nc4ccccc4nc3c3cccc(C)c31)C(=O)C2=O. The Bertz CT molecular complexity index is 1620. The summed E-state index contributed by atoms with van der Waals surface area (Å²) in [6.07, 6.45) is 0.689. The van der Waals surface area contributed by atoms with Crippen molar-refractivity contribution >= 4 is 50.5 Å². The largest absolute Gasteiger partial charge is 0.324 e. The molecular formula is C27H22N4O2. The fourth-order valence-electron chi connectivity index (χ4n) is 5.03. The fraction of sp³-hybridized carbons (Fsp3) is 0.185. The minimum absolute atomic E-state index is 0.418. The number of hydrogen-bond donors (Lipinski definition) is 0. The molecule has 0 aliphatic carbocycles. The molecule has 2 aromatic heterocycles. The van der Waals surface area contributed by atoms with Crippen molar-refractivity contribution in [3.8, 4) is 0 Å². The van der Waals surface area contributed by atoms with E-state index in [1.165, 1.54) is 0 Å². The van der Waals surface area contributed by atoms with Crippen molar-refractivity contribution in [2.24, 2.45) is 0 Å². The van der Waals surface area contributed by atoms with Gasteiger partial charge in [0.25, 0.3) is 11.7 Å². The maximum Gasteiger partial charge on any atom is 0.299 e. The summed E-state index contributed by atoms with van der Waals surface area (Å²) in [6, 6.07) is 19.6. The Balaban J connectivity index is 1.41. The van der Waals surface area contributed by atoms with Gasteiger partial charge in [0.2, 0.25) is 0 Å². The quantitative estimate of drug-likeness (QED) is 0.374. The molecular weight excluding hydrogens is 412 g/mol. The summed E-state index contributed by atoms with van der Waals surface area (Å²) >= 11 is 0. The van der Waals surface area contributed by atoms with Gasteiger partial charge in [-0.3, -0.25) is 9.59 Å². The molecule has 5 aromatic rings. The average Bonchev–Trinajstić information content (AvgIpc) is 3.26. The van der Waals surface area contributed by atoms with Crippen LogP contribution in [0.2, 0.25) is 0 Å². The first-order valence-electron chi connectivity index (χ1n) is 11.1. The summed E-state index contributed by atoms with van der Waals surface area (Å²) in [5.74, 6) is -0.859. The number of aryl methyl sites for hydroxylation is 3. The second kappa shape index (κ2) is 7.24. The molecule has 0 N–H and O–H groups in total. The lowest BCUT2D eigenvalue weighted by atomic mass is 10.1. The van der Waals surface area contributed by atoms with Crippen molar-refractivity contribution in [1.29, 1.82) is 0 Å². The van der Waals surface area contributed by atoms with Gasteiger partial charge in [0.05, 0.1) is 27.8 Å². The summed E-state index contributed by atoms with van der Waals surface area (Å²) in [7, 11) is 0. The molecule has 1 aliphatic rings. The van der Waals surface area contributed by atoms with Crippen LogP contribution in [0, 0.1) is 13.8 Å². The standard InChI is InChI=1S/C27H22N4O2/c1-16-8-5-10-18-22-26(29-21-13-4-3-12-20(21)28-22)30(23(16)18)14-7-15-31-24-17(2)9-6-11-19(24)25(32)27(31)33/h3-6,8-13H,7,14-15H2,1-2H3. The number of Topliss-reactive ketones (excluding diaryl/α,β-unsaturated/α-hetero) is 1. The number of nitrogens with zero attached hydrogens (tertiary/aromatic N) is 4. The predicted molar refractivity (Wildman–Crippen MR) is 130 cm³/mol. The van der Waals surface area contributed by atoms with E-state index in [-0.39, 0.29) is 0 Å². The average molecular weight is 434 g/mol. The van der Waals surface area contributed by atoms with Gasteiger partial charge in [-0.05, 0) is 49.6 Å². The van der Waals surface area contributed by atoms with Crippen molar-refractivity contribution in [3.05, 3.63) is 77.4 Å². The highest BCUT2D eigenvalue weighted by Crippen LogP contribution is 2.33. The Labute approximate surface area is 190 Å². The van der Waals surface area contributed by atoms with Gasteiger partial charge < -0.3 is 9.47 Å². The van der Waals surface area contributed by atoms with Crippen LogP contribution in [0.1, 0.15) is 27.9 Å². The molecule has 33 heavy (non-hydrogen) atoms. The number of para-hydroxylation sites is 4. The van der Waals surface area contributed by atoms with Crippen molar-refractivity contribution in [2.75, 3.05) is 11.4 Å². The van der Waals surface area contributed by atoms with E-state index in [0.29, 0.717) is 25.1 Å². The maximum atomic E-state index is 12.7. The number of amides is 1. The van der Waals surface area contributed by atoms with Crippen LogP contribution in [0.5, 0.6) is 0 Å². The molecule has 0 bridgehead atoms. The van der Waals surface area contributed by atoms with Gasteiger partial charge in [0, 0.05) is 18.5 Å². The number of fused-ring (bicyclic) bond motifs is 5. The lowest BCUT2D eigenvalue weighted by Gasteiger charge is -2.19. The van der Waals surface area contributed by atoms with Gasteiger partial charge in [-0.2, -0.15) is 0 Å². The van der Waals surface area contributed by atoms with Gasteiger partial charge in [-0.25, -0.2) is 9.97 Å². The van der Waals surface area contributed by atoms with Crippen LogP contribution in [0.15, 0.2) is 60.7 Å². The molecule has 3 aromatic carbocycles. The first kappa shape index (κ1) is 19.6. The summed E-state index contributed by atoms with van der Waals surface area (Å²) in [5.41, 5.74) is 7.93. The van der Waals surface area contributed by atoms with Crippen molar-refractivity contribution in [2.45, 2.75) is 26.8 Å². The third-order valence-electron chi connectivity index (χ3n) is 6.53. The third-order valence-corrected chi connectivity index (χ3v) is 6.53. The summed E-state index contributed by atoms with van der Waals surface area (Å²) < 4.78 is 2.21. The Morgan fingerprint density at radius 3 is 2.33 bits per heavy atom. The number of carbonyl (C=O) groups excluding carboxylic acids is 2. The number of hydrogen-bond acceptors (Lipinski definition) is 4.